The highest BCUT2D eigenvalue weighted by atomic mass is 16.5. The Morgan fingerprint density at radius 3 is 2.41 bits per heavy atom. The van der Waals surface area contributed by atoms with Gasteiger partial charge in [-0.2, -0.15) is 0 Å². The summed E-state index contributed by atoms with van der Waals surface area (Å²) < 4.78 is 12.5. The summed E-state index contributed by atoms with van der Waals surface area (Å²) in [6.07, 6.45) is 5.88. The number of rotatable bonds is 5. The lowest BCUT2D eigenvalue weighted by atomic mass is 9.72. The maximum absolute atomic E-state index is 13.9. The molecule has 0 amide bonds. The molecule has 37 heavy (non-hydrogen) atoms. The van der Waals surface area contributed by atoms with E-state index in [1.54, 1.807) is 0 Å². The van der Waals surface area contributed by atoms with Crippen LogP contribution < -0.4 is 10.2 Å². The van der Waals surface area contributed by atoms with Crippen LogP contribution in [0.1, 0.15) is 70.1 Å². The van der Waals surface area contributed by atoms with Crippen LogP contribution in [0.5, 0.6) is 28.7 Å². The molecule has 3 aromatic rings. The predicted octanol–water partition coefficient (Wildman–Crippen LogP) is 6.33. The molecule has 2 atom stereocenters. The second-order valence-electron chi connectivity index (χ2n) is 10.8. The molecule has 0 saturated carbocycles. The van der Waals surface area contributed by atoms with Crippen molar-refractivity contribution in [2.45, 2.75) is 71.8 Å². The lowest BCUT2D eigenvalue weighted by Gasteiger charge is -2.33. The molecule has 7 nitrogen and oxygen atoms in total. The summed E-state index contributed by atoms with van der Waals surface area (Å²) in [5.41, 5.74) is 2.56. The number of aromatic hydroxyl groups is 4. The van der Waals surface area contributed by atoms with Crippen LogP contribution in [-0.2, 0) is 12.8 Å². The predicted molar refractivity (Wildman–Crippen MR) is 142 cm³/mol. The highest BCUT2D eigenvalue weighted by Gasteiger charge is 2.51. The molecule has 0 unspecified atom stereocenters. The number of fused-ring (bicyclic) bond motifs is 3. The van der Waals surface area contributed by atoms with E-state index in [1.165, 1.54) is 17.7 Å². The van der Waals surface area contributed by atoms with Gasteiger partial charge in [-0.3, -0.25) is 4.79 Å². The van der Waals surface area contributed by atoms with E-state index in [-0.39, 0.29) is 69.8 Å². The van der Waals surface area contributed by atoms with E-state index in [1.807, 2.05) is 40.7 Å². The smallest absolute Gasteiger partial charge is 0.200 e. The van der Waals surface area contributed by atoms with Gasteiger partial charge in [-0.05, 0) is 60.3 Å². The summed E-state index contributed by atoms with van der Waals surface area (Å²) in [5.74, 6) is -0.759. The highest BCUT2D eigenvalue weighted by molar-refractivity contribution is 5.91. The Hall–Kier alpha value is -3.87. The largest absolute Gasteiger partial charge is 0.507 e. The molecule has 1 aliphatic carbocycles. The van der Waals surface area contributed by atoms with Gasteiger partial charge in [0, 0.05) is 34.7 Å². The first-order valence-corrected chi connectivity index (χ1v) is 12.5. The fourth-order valence-electron chi connectivity index (χ4n) is 5.63. The van der Waals surface area contributed by atoms with Gasteiger partial charge in [-0.25, -0.2) is 0 Å². The van der Waals surface area contributed by atoms with Crippen molar-refractivity contribution in [3.8, 4) is 40.1 Å². The van der Waals surface area contributed by atoms with Crippen LogP contribution >= 0.6 is 0 Å². The first-order valence-electron chi connectivity index (χ1n) is 12.5. The number of hydrogen-bond donors (Lipinski definition) is 4. The fourth-order valence-corrected chi connectivity index (χ4v) is 5.63. The molecular weight excluding hydrogens is 472 g/mol. The Morgan fingerprint density at radius 1 is 1.03 bits per heavy atom. The minimum Gasteiger partial charge on any atom is -0.507 e. The summed E-state index contributed by atoms with van der Waals surface area (Å²) in [6.45, 7) is 9.83. The summed E-state index contributed by atoms with van der Waals surface area (Å²) in [5, 5.41) is 43.2. The van der Waals surface area contributed by atoms with E-state index >= 15 is 0 Å². The van der Waals surface area contributed by atoms with Crippen molar-refractivity contribution in [3.05, 3.63) is 62.3 Å². The van der Waals surface area contributed by atoms with Crippen molar-refractivity contribution < 1.29 is 29.6 Å². The van der Waals surface area contributed by atoms with E-state index in [2.05, 4.69) is 6.08 Å². The molecule has 0 fully saturated rings. The van der Waals surface area contributed by atoms with Crippen molar-refractivity contribution in [1.29, 1.82) is 0 Å². The van der Waals surface area contributed by atoms with Crippen molar-refractivity contribution in [1.82, 2.24) is 0 Å². The second-order valence-corrected chi connectivity index (χ2v) is 10.8. The zero-order valence-corrected chi connectivity index (χ0v) is 21.7. The number of phenols is 4. The zero-order chi connectivity index (χ0) is 26.8. The van der Waals surface area contributed by atoms with Crippen LogP contribution in [0.4, 0.5) is 0 Å². The summed E-state index contributed by atoms with van der Waals surface area (Å²) in [7, 11) is 0. The second kappa shape index (κ2) is 8.61. The molecule has 4 N–H and O–H groups in total. The van der Waals surface area contributed by atoms with Crippen molar-refractivity contribution in [2.24, 2.45) is 0 Å². The molecule has 7 heteroatoms. The van der Waals surface area contributed by atoms with E-state index < -0.39 is 11.0 Å². The molecule has 0 radical (unpaired) electrons. The van der Waals surface area contributed by atoms with Gasteiger partial charge in [-0.1, -0.05) is 23.3 Å². The number of hydrogen-bond acceptors (Lipinski definition) is 7. The number of benzene rings is 2. The van der Waals surface area contributed by atoms with Gasteiger partial charge in [0.05, 0.1) is 5.56 Å². The number of phenolic OH excluding ortho intramolecular Hbond substituents is 4. The van der Waals surface area contributed by atoms with Gasteiger partial charge in [-0.15, -0.1) is 0 Å². The first kappa shape index (κ1) is 24.8. The Balaban J connectivity index is 1.74. The SMILES string of the molecule is CC(C)=CCC[C@@]1(C)Oc2c(O)cc(O)c3c2[C@@H]1Cc1c-3oc2cc(O)c(CC=C(C)C)c(O)c2c1=O. The topological polar surface area (TPSA) is 120 Å². The van der Waals surface area contributed by atoms with Crippen LogP contribution in [0, 0.1) is 0 Å². The third-order valence-electron chi connectivity index (χ3n) is 7.57. The number of ether oxygens (including phenoxy) is 1. The number of allylic oxidation sites excluding steroid dienone is 4. The highest BCUT2D eigenvalue weighted by Crippen LogP contribution is 2.60. The quantitative estimate of drug-likeness (QED) is 0.300. The van der Waals surface area contributed by atoms with Crippen molar-refractivity contribution >= 4 is 11.0 Å². The van der Waals surface area contributed by atoms with E-state index in [4.69, 9.17) is 9.15 Å². The fraction of sp³-hybridized carbons (Fsp3) is 0.367. The van der Waals surface area contributed by atoms with E-state index in [9.17, 15) is 25.2 Å². The van der Waals surface area contributed by atoms with Crippen LogP contribution in [-0.4, -0.2) is 26.0 Å². The molecule has 2 aliphatic rings. The van der Waals surface area contributed by atoms with E-state index in [0.717, 1.165) is 12.0 Å². The maximum Gasteiger partial charge on any atom is 0.200 e. The molecule has 2 aromatic carbocycles. The Kier molecular flexibility index (Phi) is 5.77. The maximum atomic E-state index is 13.9. The molecule has 0 saturated heterocycles. The molecule has 194 valence electrons. The first-order chi connectivity index (χ1) is 17.4. The monoisotopic (exact) mass is 504 g/mol. The van der Waals surface area contributed by atoms with Gasteiger partial charge >= 0.3 is 0 Å². The Bertz CT molecular complexity index is 1570. The van der Waals surface area contributed by atoms with Crippen LogP contribution in [0.25, 0.3) is 22.3 Å². The molecule has 0 spiro atoms. The average molecular weight is 505 g/mol. The van der Waals surface area contributed by atoms with Gasteiger partial charge in [0.1, 0.15) is 39.6 Å². The summed E-state index contributed by atoms with van der Waals surface area (Å²) in [6, 6.07) is 2.53. The Morgan fingerprint density at radius 2 is 1.73 bits per heavy atom. The molecule has 2 heterocycles. The van der Waals surface area contributed by atoms with Crippen LogP contribution in [0.15, 0.2) is 44.6 Å². The molecule has 5 rings (SSSR count). The van der Waals surface area contributed by atoms with Gasteiger partial charge < -0.3 is 29.6 Å². The molecular formula is C30H32O7. The lowest BCUT2D eigenvalue weighted by molar-refractivity contribution is 0.0764. The lowest BCUT2D eigenvalue weighted by Crippen LogP contribution is -2.37. The summed E-state index contributed by atoms with van der Waals surface area (Å²) >= 11 is 0. The molecule has 1 aliphatic heterocycles. The third-order valence-corrected chi connectivity index (χ3v) is 7.57. The molecule has 0 bridgehead atoms. The average Bonchev–Trinajstić information content (AvgIpc) is 3.09. The van der Waals surface area contributed by atoms with Gasteiger partial charge in [0.25, 0.3) is 0 Å². The van der Waals surface area contributed by atoms with E-state index in [0.29, 0.717) is 23.1 Å². The Labute approximate surface area is 215 Å². The third kappa shape index (κ3) is 3.84. The van der Waals surface area contributed by atoms with Gasteiger partial charge in [0.15, 0.2) is 16.9 Å². The zero-order valence-electron chi connectivity index (χ0n) is 21.7. The van der Waals surface area contributed by atoms with Crippen LogP contribution in [0.3, 0.4) is 0 Å². The van der Waals surface area contributed by atoms with Crippen LogP contribution in [0.2, 0.25) is 0 Å². The van der Waals surface area contributed by atoms with Gasteiger partial charge in [0.2, 0.25) is 0 Å². The minimum absolute atomic E-state index is 0.000747. The minimum atomic E-state index is -0.737. The summed E-state index contributed by atoms with van der Waals surface area (Å²) in [4.78, 5) is 13.9. The molecule has 1 aromatic heterocycles. The normalized spacial score (nSPS) is 19.2. The van der Waals surface area contributed by atoms with Crippen molar-refractivity contribution in [2.75, 3.05) is 0 Å². The standard InChI is InChI=1S/C30H32O7/c1-14(2)7-6-10-30(5)18-11-17-27(35)25-22(13-19(31)16(26(25)34)9-8-15(3)4)36-28(17)24-20(32)12-21(33)29(37-30)23(18)24/h7-8,12-13,18,31-34H,6,9-11H2,1-5H3/t18-,30+/m0/s1. The van der Waals surface area contributed by atoms with Crippen molar-refractivity contribution in [3.63, 3.8) is 0 Å².